The van der Waals surface area contributed by atoms with Crippen molar-refractivity contribution in [2.75, 3.05) is 6.61 Å². The molecule has 1 unspecified atom stereocenters. The van der Waals surface area contributed by atoms with Crippen LogP contribution in [0.25, 0.3) is 0 Å². The molecule has 82 valence electrons. The predicted molar refractivity (Wildman–Crippen MR) is 69.0 cm³/mol. The highest BCUT2D eigenvalue weighted by atomic mass is 79.9. The molecule has 0 spiro atoms. The molecule has 1 atom stereocenters. The molecule has 1 heterocycles. The molecule has 1 aromatic rings. The molecule has 0 bridgehead atoms. The molecule has 0 fully saturated rings. The summed E-state index contributed by atoms with van der Waals surface area (Å²) in [4.78, 5) is 0. The van der Waals surface area contributed by atoms with Gasteiger partial charge in [-0.1, -0.05) is 25.3 Å². The molecule has 2 nitrogen and oxygen atoms in total. The average molecular weight is 278 g/mol. The second-order valence-corrected chi connectivity index (χ2v) is 5.11. The lowest BCUT2D eigenvalue weighted by molar-refractivity contribution is 0.270. The normalized spacial score (nSPS) is 18.2. The Kier molecular flexibility index (Phi) is 3.55. The van der Waals surface area contributed by atoms with Gasteiger partial charge in [0.15, 0.2) is 0 Å². The number of hydrogen-bond donors (Lipinski definition) is 0. The fourth-order valence-electron chi connectivity index (χ4n) is 2.18. The standard InChI is InChI=1S/C12H13BBrNO/c1-13(8-15)7-9-5-6-16-12-10(9)3-2-4-11(12)14/h2-4,9H,5-7H2,1H3. The zero-order chi connectivity index (χ0) is 11.5. The van der Waals surface area contributed by atoms with Gasteiger partial charge in [0.25, 0.3) is 6.71 Å². The van der Waals surface area contributed by atoms with Crippen LogP contribution in [0.15, 0.2) is 22.7 Å². The van der Waals surface area contributed by atoms with Crippen LogP contribution in [-0.2, 0) is 0 Å². The quantitative estimate of drug-likeness (QED) is 0.775. The van der Waals surface area contributed by atoms with Crippen LogP contribution in [0.1, 0.15) is 17.9 Å². The smallest absolute Gasteiger partial charge is 0.265 e. The lowest BCUT2D eigenvalue weighted by Crippen LogP contribution is -2.18. The van der Waals surface area contributed by atoms with Gasteiger partial charge in [-0.2, -0.15) is 0 Å². The van der Waals surface area contributed by atoms with Gasteiger partial charge in [0.1, 0.15) is 5.75 Å². The predicted octanol–water partition coefficient (Wildman–Crippen LogP) is 3.50. The topological polar surface area (TPSA) is 33.0 Å². The van der Waals surface area contributed by atoms with Gasteiger partial charge in [-0.25, -0.2) is 5.26 Å². The summed E-state index contributed by atoms with van der Waals surface area (Å²) in [5, 5.41) is 8.88. The third-order valence-corrected chi connectivity index (χ3v) is 3.63. The molecule has 16 heavy (non-hydrogen) atoms. The van der Waals surface area contributed by atoms with Crippen LogP contribution >= 0.6 is 15.9 Å². The number of nitrogens with zero attached hydrogens (tertiary/aromatic N) is 1. The van der Waals surface area contributed by atoms with Crippen molar-refractivity contribution in [1.29, 1.82) is 5.26 Å². The minimum Gasteiger partial charge on any atom is -0.492 e. The lowest BCUT2D eigenvalue weighted by Gasteiger charge is -2.26. The largest absolute Gasteiger partial charge is 0.492 e. The molecule has 0 amide bonds. The number of nitriles is 1. The number of benzene rings is 1. The van der Waals surface area contributed by atoms with E-state index in [1.807, 2.05) is 19.0 Å². The molecule has 4 heteroatoms. The van der Waals surface area contributed by atoms with Crippen molar-refractivity contribution in [3.05, 3.63) is 28.2 Å². The average Bonchev–Trinajstić information content (AvgIpc) is 2.30. The van der Waals surface area contributed by atoms with Gasteiger partial charge in [-0.05, 0) is 39.9 Å². The minimum atomic E-state index is 0.106. The summed E-state index contributed by atoms with van der Waals surface area (Å²) in [6, 6.07) is 6.13. The maximum Gasteiger partial charge on any atom is 0.265 e. The zero-order valence-corrected chi connectivity index (χ0v) is 10.8. The van der Waals surface area contributed by atoms with Crippen LogP contribution in [0, 0.1) is 11.2 Å². The van der Waals surface area contributed by atoms with E-state index < -0.39 is 0 Å². The van der Waals surface area contributed by atoms with Crippen LogP contribution in [-0.4, -0.2) is 13.3 Å². The molecule has 0 aromatic heterocycles. The summed E-state index contributed by atoms with van der Waals surface area (Å²) in [5.74, 6) is 3.72. The van der Waals surface area contributed by atoms with Crippen molar-refractivity contribution < 1.29 is 4.74 Å². The van der Waals surface area contributed by atoms with Crippen LogP contribution in [0.5, 0.6) is 5.75 Å². The summed E-state index contributed by atoms with van der Waals surface area (Å²) in [7, 11) is 0. The molecule has 0 N–H and O–H groups in total. The summed E-state index contributed by atoms with van der Waals surface area (Å²) < 4.78 is 6.68. The highest BCUT2D eigenvalue weighted by Crippen LogP contribution is 2.40. The summed E-state index contributed by atoms with van der Waals surface area (Å²) in [6.07, 6.45) is 1.93. The molecule has 0 radical (unpaired) electrons. The first kappa shape index (κ1) is 11.5. The molecule has 1 aliphatic heterocycles. The summed E-state index contributed by atoms with van der Waals surface area (Å²) in [6.45, 7) is 2.83. The SMILES string of the molecule is CB(C#N)CC1CCOc2c(Br)cccc21. The Morgan fingerprint density at radius 1 is 1.62 bits per heavy atom. The minimum absolute atomic E-state index is 0.106. The second-order valence-electron chi connectivity index (χ2n) is 4.26. The summed E-state index contributed by atoms with van der Waals surface area (Å²) >= 11 is 3.50. The Hall–Kier alpha value is -0.945. The molecular weight excluding hydrogens is 265 g/mol. The highest BCUT2D eigenvalue weighted by molar-refractivity contribution is 9.10. The van der Waals surface area contributed by atoms with Crippen molar-refractivity contribution in [1.82, 2.24) is 0 Å². The van der Waals surface area contributed by atoms with E-state index in [2.05, 4.69) is 28.0 Å². The molecule has 1 aromatic carbocycles. The van der Waals surface area contributed by atoms with Gasteiger partial charge < -0.3 is 4.74 Å². The molecular formula is C12H13BBrNO. The molecule has 0 saturated carbocycles. The first-order valence-corrected chi connectivity index (χ1v) is 6.32. The van der Waals surface area contributed by atoms with Crippen LogP contribution in [0.4, 0.5) is 0 Å². The number of ether oxygens (including phenoxy) is 1. The van der Waals surface area contributed by atoms with E-state index in [1.54, 1.807) is 0 Å². The van der Waals surface area contributed by atoms with Crippen molar-refractivity contribution in [2.24, 2.45) is 0 Å². The van der Waals surface area contributed by atoms with Gasteiger partial charge in [0.2, 0.25) is 0 Å². The van der Waals surface area contributed by atoms with E-state index in [0.29, 0.717) is 5.92 Å². The Morgan fingerprint density at radius 3 is 3.19 bits per heavy atom. The molecule has 1 aliphatic rings. The van der Waals surface area contributed by atoms with Crippen molar-refractivity contribution in [3.63, 3.8) is 0 Å². The molecule has 0 saturated heterocycles. The van der Waals surface area contributed by atoms with Crippen molar-refractivity contribution >= 4 is 22.6 Å². The van der Waals surface area contributed by atoms with Gasteiger partial charge >= 0.3 is 0 Å². The third-order valence-electron chi connectivity index (χ3n) is 3.01. The Morgan fingerprint density at radius 2 is 2.44 bits per heavy atom. The van der Waals surface area contributed by atoms with E-state index >= 15 is 0 Å². The van der Waals surface area contributed by atoms with Gasteiger partial charge in [-0.15, -0.1) is 0 Å². The highest BCUT2D eigenvalue weighted by Gasteiger charge is 2.25. The van der Waals surface area contributed by atoms with E-state index in [9.17, 15) is 0 Å². The maximum atomic E-state index is 8.88. The number of hydrogen-bond acceptors (Lipinski definition) is 2. The first-order valence-electron chi connectivity index (χ1n) is 5.53. The molecule has 0 aliphatic carbocycles. The maximum absolute atomic E-state index is 8.88. The van der Waals surface area contributed by atoms with E-state index in [-0.39, 0.29) is 6.71 Å². The van der Waals surface area contributed by atoms with Crippen LogP contribution in [0.3, 0.4) is 0 Å². The van der Waals surface area contributed by atoms with Gasteiger partial charge in [0, 0.05) is 5.97 Å². The fraction of sp³-hybridized carbons (Fsp3) is 0.417. The third kappa shape index (κ3) is 2.25. The first-order chi connectivity index (χ1) is 7.72. The number of halogens is 1. The second kappa shape index (κ2) is 4.92. The Labute approximate surface area is 105 Å². The van der Waals surface area contributed by atoms with E-state index in [0.717, 1.165) is 29.6 Å². The van der Waals surface area contributed by atoms with Crippen LogP contribution in [0.2, 0.25) is 13.1 Å². The van der Waals surface area contributed by atoms with Gasteiger partial charge in [-0.3, -0.25) is 0 Å². The van der Waals surface area contributed by atoms with Crippen molar-refractivity contribution in [3.8, 4) is 11.7 Å². The molecule has 2 rings (SSSR count). The van der Waals surface area contributed by atoms with Crippen LogP contribution < -0.4 is 4.74 Å². The number of rotatable bonds is 2. The lowest BCUT2D eigenvalue weighted by atomic mass is 9.48. The number of fused-ring (bicyclic) bond motifs is 1. The number of para-hydroxylation sites is 1. The van der Waals surface area contributed by atoms with Crippen molar-refractivity contribution in [2.45, 2.75) is 25.5 Å². The Bertz CT molecular complexity index is 430. The fourth-order valence-corrected chi connectivity index (χ4v) is 2.68. The Balaban J connectivity index is 2.27. The monoisotopic (exact) mass is 277 g/mol. The zero-order valence-electron chi connectivity index (χ0n) is 9.24. The summed E-state index contributed by atoms with van der Waals surface area (Å²) in [5.41, 5.74) is 1.24. The van der Waals surface area contributed by atoms with E-state index in [1.165, 1.54) is 5.56 Å². The van der Waals surface area contributed by atoms with Gasteiger partial charge in [0.05, 0.1) is 11.1 Å². The van der Waals surface area contributed by atoms with E-state index in [4.69, 9.17) is 10.00 Å².